The molecule has 0 bridgehead atoms. The molecule has 0 saturated carbocycles. The van der Waals surface area contributed by atoms with Crippen molar-refractivity contribution < 1.29 is 9.59 Å². The Hall–Kier alpha value is -1.98. The molecule has 0 unspecified atom stereocenters. The largest absolute Gasteiger partial charge is 0.369 e. The van der Waals surface area contributed by atoms with Crippen molar-refractivity contribution in [2.24, 2.45) is 5.73 Å². The number of halogens is 1. The van der Waals surface area contributed by atoms with Crippen LogP contribution in [-0.2, 0) is 11.2 Å². The molecule has 4 nitrogen and oxygen atoms in total. The number of amides is 2. The van der Waals surface area contributed by atoms with E-state index in [0.717, 1.165) is 10.5 Å². The van der Waals surface area contributed by atoms with Crippen LogP contribution in [0.4, 0.5) is 0 Å². The van der Waals surface area contributed by atoms with Gasteiger partial charge in [-0.1, -0.05) is 35.9 Å². The molecule has 0 heterocycles. The van der Waals surface area contributed by atoms with E-state index in [1.807, 2.05) is 30.3 Å². The molecule has 2 rings (SSSR count). The molecular weight excluding hydrogens is 332 g/mol. The molecule has 2 aromatic rings. The van der Waals surface area contributed by atoms with Gasteiger partial charge in [-0.05, 0) is 36.2 Å². The summed E-state index contributed by atoms with van der Waals surface area (Å²) in [6.45, 7) is 0.508. The van der Waals surface area contributed by atoms with Crippen LogP contribution >= 0.6 is 23.4 Å². The Morgan fingerprint density at radius 2 is 1.91 bits per heavy atom. The number of hydrogen-bond donors (Lipinski definition) is 2. The number of primary amides is 1. The van der Waals surface area contributed by atoms with Gasteiger partial charge in [-0.2, -0.15) is 0 Å². The summed E-state index contributed by atoms with van der Waals surface area (Å²) in [5.41, 5.74) is 6.76. The first-order valence-electron chi connectivity index (χ1n) is 7.09. The fraction of sp³-hybridized carbons (Fsp3) is 0.176. The van der Waals surface area contributed by atoms with Crippen LogP contribution in [0.3, 0.4) is 0 Å². The van der Waals surface area contributed by atoms with Crippen LogP contribution in [0.2, 0.25) is 5.02 Å². The average Bonchev–Trinajstić information content (AvgIpc) is 2.53. The Bertz CT molecular complexity index is 706. The highest BCUT2D eigenvalue weighted by molar-refractivity contribution is 8.00. The van der Waals surface area contributed by atoms with E-state index in [2.05, 4.69) is 5.32 Å². The van der Waals surface area contributed by atoms with Crippen LogP contribution in [0.1, 0.15) is 15.9 Å². The lowest BCUT2D eigenvalue weighted by Crippen LogP contribution is -2.26. The molecule has 120 valence electrons. The number of carbonyl (C=O) groups is 2. The number of rotatable bonds is 7. The van der Waals surface area contributed by atoms with Crippen molar-refractivity contribution in [3.05, 3.63) is 64.7 Å². The van der Waals surface area contributed by atoms with Gasteiger partial charge in [0.25, 0.3) is 5.91 Å². The summed E-state index contributed by atoms with van der Waals surface area (Å²) in [5, 5.41) is 3.57. The number of carbonyl (C=O) groups excluding carboxylic acids is 2. The second-order valence-corrected chi connectivity index (χ2v) is 6.34. The monoisotopic (exact) mass is 348 g/mol. The molecule has 0 atom stereocenters. The van der Waals surface area contributed by atoms with Gasteiger partial charge in [-0.25, -0.2) is 0 Å². The third kappa shape index (κ3) is 5.62. The summed E-state index contributed by atoms with van der Waals surface area (Å²) in [5.74, 6) is -0.432. The second kappa shape index (κ2) is 8.60. The van der Waals surface area contributed by atoms with Crippen molar-refractivity contribution >= 4 is 35.2 Å². The van der Waals surface area contributed by atoms with E-state index >= 15 is 0 Å². The summed E-state index contributed by atoms with van der Waals surface area (Å²) >= 11 is 7.20. The van der Waals surface area contributed by atoms with Gasteiger partial charge >= 0.3 is 0 Å². The van der Waals surface area contributed by atoms with Gasteiger partial charge in [0.1, 0.15) is 0 Å². The van der Waals surface area contributed by atoms with Crippen LogP contribution in [0.15, 0.2) is 53.4 Å². The Morgan fingerprint density at radius 3 is 2.65 bits per heavy atom. The van der Waals surface area contributed by atoms with E-state index in [1.165, 1.54) is 11.8 Å². The van der Waals surface area contributed by atoms with E-state index in [0.29, 0.717) is 23.6 Å². The Balaban J connectivity index is 1.94. The standard InChI is InChI=1S/C17H17ClN2O2S/c18-13-5-3-4-12(10-13)8-9-20-17(22)14-6-1-2-7-15(14)23-11-16(19)21/h1-7,10H,8-9,11H2,(H2,19,21)(H,20,22). The molecular formula is C17H17ClN2O2S. The quantitative estimate of drug-likeness (QED) is 0.756. The summed E-state index contributed by atoms with van der Waals surface area (Å²) in [4.78, 5) is 23.9. The number of hydrogen-bond acceptors (Lipinski definition) is 3. The van der Waals surface area contributed by atoms with Gasteiger partial charge in [-0.3, -0.25) is 9.59 Å². The van der Waals surface area contributed by atoms with Crippen LogP contribution in [0, 0.1) is 0 Å². The van der Waals surface area contributed by atoms with Crippen LogP contribution < -0.4 is 11.1 Å². The molecule has 6 heteroatoms. The Kier molecular flexibility index (Phi) is 6.50. The summed E-state index contributed by atoms with van der Waals surface area (Å²) in [6, 6.07) is 14.7. The molecule has 0 spiro atoms. The minimum absolute atomic E-state index is 0.146. The molecule has 0 aliphatic rings. The van der Waals surface area contributed by atoms with Gasteiger partial charge in [0.2, 0.25) is 5.91 Å². The highest BCUT2D eigenvalue weighted by atomic mass is 35.5. The maximum atomic E-state index is 12.3. The lowest BCUT2D eigenvalue weighted by molar-refractivity contribution is -0.115. The molecule has 0 aliphatic carbocycles. The smallest absolute Gasteiger partial charge is 0.252 e. The number of thioether (sulfide) groups is 1. The molecule has 0 saturated heterocycles. The fourth-order valence-corrected chi connectivity index (χ4v) is 3.04. The first kappa shape index (κ1) is 17.4. The van der Waals surface area contributed by atoms with Crippen LogP contribution in [-0.4, -0.2) is 24.1 Å². The highest BCUT2D eigenvalue weighted by Crippen LogP contribution is 2.22. The minimum atomic E-state index is -0.411. The zero-order chi connectivity index (χ0) is 16.7. The summed E-state index contributed by atoms with van der Waals surface area (Å²) in [7, 11) is 0. The predicted molar refractivity (Wildman–Crippen MR) is 93.8 cm³/mol. The number of nitrogens with two attached hydrogens (primary N) is 1. The second-order valence-electron chi connectivity index (χ2n) is 4.89. The molecule has 0 aromatic heterocycles. The predicted octanol–water partition coefficient (Wildman–Crippen LogP) is 2.89. The zero-order valence-corrected chi connectivity index (χ0v) is 14.0. The third-order valence-corrected chi connectivity index (χ3v) is 4.42. The van der Waals surface area contributed by atoms with Gasteiger partial charge in [0.05, 0.1) is 11.3 Å². The van der Waals surface area contributed by atoms with Gasteiger partial charge in [0, 0.05) is 16.5 Å². The molecule has 3 N–H and O–H groups in total. The fourth-order valence-electron chi connectivity index (χ4n) is 2.04. The maximum absolute atomic E-state index is 12.3. The van der Waals surface area contributed by atoms with E-state index in [4.69, 9.17) is 17.3 Å². The zero-order valence-electron chi connectivity index (χ0n) is 12.4. The molecule has 0 radical (unpaired) electrons. The lowest BCUT2D eigenvalue weighted by atomic mass is 10.1. The molecule has 23 heavy (non-hydrogen) atoms. The topological polar surface area (TPSA) is 72.2 Å². The third-order valence-electron chi connectivity index (χ3n) is 3.09. The van der Waals surface area contributed by atoms with Crippen molar-refractivity contribution in [1.82, 2.24) is 5.32 Å². The van der Waals surface area contributed by atoms with E-state index in [-0.39, 0.29) is 11.7 Å². The normalized spacial score (nSPS) is 10.3. The molecule has 2 aromatic carbocycles. The Labute approximate surface area is 144 Å². The highest BCUT2D eigenvalue weighted by Gasteiger charge is 2.11. The molecule has 0 aliphatic heterocycles. The first-order valence-corrected chi connectivity index (χ1v) is 8.45. The Morgan fingerprint density at radius 1 is 1.13 bits per heavy atom. The van der Waals surface area contributed by atoms with Crippen molar-refractivity contribution in [2.75, 3.05) is 12.3 Å². The van der Waals surface area contributed by atoms with Crippen molar-refractivity contribution in [3.63, 3.8) is 0 Å². The van der Waals surface area contributed by atoms with Crippen molar-refractivity contribution in [1.29, 1.82) is 0 Å². The SMILES string of the molecule is NC(=O)CSc1ccccc1C(=O)NCCc1cccc(Cl)c1. The van der Waals surface area contributed by atoms with Gasteiger partial charge in [0.15, 0.2) is 0 Å². The van der Waals surface area contributed by atoms with Gasteiger partial charge in [-0.15, -0.1) is 11.8 Å². The van der Waals surface area contributed by atoms with Crippen LogP contribution in [0.5, 0.6) is 0 Å². The van der Waals surface area contributed by atoms with Crippen LogP contribution in [0.25, 0.3) is 0 Å². The lowest BCUT2D eigenvalue weighted by Gasteiger charge is -2.09. The van der Waals surface area contributed by atoms with Crippen molar-refractivity contribution in [3.8, 4) is 0 Å². The maximum Gasteiger partial charge on any atom is 0.252 e. The first-order chi connectivity index (χ1) is 11.1. The summed E-state index contributed by atoms with van der Waals surface area (Å²) < 4.78 is 0. The van der Waals surface area contributed by atoms with E-state index < -0.39 is 5.91 Å². The summed E-state index contributed by atoms with van der Waals surface area (Å²) in [6.07, 6.45) is 0.697. The van der Waals surface area contributed by atoms with Gasteiger partial charge < -0.3 is 11.1 Å². The molecule has 2 amide bonds. The minimum Gasteiger partial charge on any atom is -0.369 e. The van der Waals surface area contributed by atoms with Crippen molar-refractivity contribution in [2.45, 2.75) is 11.3 Å². The van der Waals surface area contributed by atoms with E-state index in [9.17, 15) is 9.59 Å². The number of benzene rings is 2. The average molecular weight is 349 g/mol. The number of nitrogens with one attached hydrogen (secondary N) is 1. The van der Waals surface area contributed by atoms with E-state index in [1.54, 1.807) is 18.2 Å². The molecule has 0 fully saturated rings.